The molecule has 1 heterocycles. The molecule has 0 aromatic rings. The van der Waals surface area contributed by atoms with Crippen LogP contribution in [0.5, 0.6) is 0 Å². The first kappa shape index (κ1) is 8.49. The van der Waals surface area contributed by atoms with E-state index in [0.29, 0.717) is 13.0 Å². The van der Waals surface area contributed by atoms with Gasteiger partial charge in [0.1, 0.15) is 0 Å². The van der Waals surface area contributed by atoms with E-state index in [2.05, 4.69) is 0 Å². The Hall–Kier alpha value is -0.610. The number of amides is 1. The van der Waals surface area contributed by atoms with Crippen LogP contribution in [0.1, 0.15) is 12.8 Å². The summed E-state index contributed by atoms with van der Waals surface area (Å²) in [6, 6.07) is 0. The molecule has 0 atom stereocenters. The summed E-state index contributed by atoms with van der Waals surface area (Å²) in [5.74, 6) is 0.118. The fraction of sp³-hybridized carbons (Fsp3) is 0.857. The minimum absolute atomic E-state index is 0.0378. The van der Waals surface area contributed by atoms with E-state index < -0.39 is 0 Å². The first-order chi connectivity index (χ1) is 5.25. The quantitative estimate of drug-likeness (QED) is 0.586. The molecule has 0 aliphatic carbocycles. The Morgan fingerprint density at radius 1 is 1.64 bits per heavy atom. The summed E-state index contributed by atoms with van der Waals surface area (Å²) in [7, 11) is 1.87. The molecule has 0 aromatic carbocycles. The van der Waals surface area contributed by atoms with Crippen LogP contribution in [0, 0.1) is 0 Å². The normalized spacial score (nSPS) is 20.9. The maximum atomic E-state index is 11.2. The van der Waals surface area contributed by atoms with Crippen molar-refractivity contribution >= 4 is 5.91 Å². The van der Waals surface area contributed by atoms with Gasteiger partial charge in [-0.2, -0.15) is 0 Å². The first-order valence-electron chi connectivity index (χ1n) is 3.88. The van der Waals surface area contributed by atoms with Gasteiger partial charge in [-0.05, 0) is 6.42 Å². The molecule has 0 bridgehead atoms. The van der Waals surface area contributed by atoms with Crippen molar-refractivity contribution < 1.29 is 9.90 Å². The van der Waals surface area contributed by atoms with Crippen molar-refractivity contribution in [2.75, 3.05) is 26.7 Å². The van der Waals surface area contributed by atoms with Crippen LogP contribution in [0.25, 0.3) is 0 Å². The van der Waals surface area contributed by atoms with Crippen molar-refractivity contribution in [1.82, 2.24) is 10.0 Å². The zero-order valence-electron chi connectivity index (χ0n) is 6.79. The molecule has 11 heavy (non-hydrogen) atoms. The Morgan fingerprint density at radius 3 is 2.91 bits per heavy atom. The van der Waals surface area contributed by atoms with Crippen molar-refractivity contribution in [2.45, 2.75) is 12.8 Å². The number of hydrogen-bond donors (Lipinski definition) is 1. The third kappa shape index (κ3) is 1.91. The highest BCUT2D eigenvalue weighted by Crippen LogP contribution is 2.08. The van der Waals surface area contributed by atoms with Gasteiger partial charge in [-0.25, -0.2) is 5.01 Å². The second kappa shape index (κ2) is 3.69. The zero-order chi connectivity index (χ0) is 8.27. The van der Waals surface area contributed by atoms with Gasteiger partial charge in [0.2, 0.25) is 5.91 Å². The van der Waals surface area contributed by atoms with Crippen LogP contribution in [-0.2, 0) is 4.79 Å². The Balaban J connectivity index is 2.48. The molecule has 0 spiro atoms. The number of hydrazine groups is 1. The average Bonchev–Trinajstić information content (AvgIpc) is 1.97. The minimum atomic E-state index is 0.0378. The number of aliphatic hydroxyl groups excluding tert-OH is 1. The zero-order valence-corrected chi connectivity index (χ0v) is 6.79. The average molecular weight is 158 g/mol. The van der Waals surface area contributed by atoms with E-state index in [1.54, 1.807) is 5.01 Å². The number of nitrogens with zero attached hydrogens (tertiary/aromatic N) is 2. The van der Waals surface area contributed by atoms with E-state index in [4.69, 9.17) is 5.11 Å². The SMILES string of the molecule is CN1CCCC(=O)N1CCO. The monoisotopic (exact) mass is 158 g/mol. The van der Waals surface area contributed by atoms with Gasteiger partial charge in [-0.15, -0.1) is 0 Å². The number of hydrogen-bond acceptors (Lipinski definition) is 3. The summed E-state index contributed by atoms with van der Waals surface area (Å²) >= 11 is 0. The van der Waals surface area contributed by atoms with Gasteiger partial charge in [-0.3, -0.25) is 9.80 Å². The van der Waals surface area contributed by atoms with Gasteiger partial charge in [0, 0.05) is 20.0 Å². The van der Waals surface area contributed by atoms with Gasteiger partial charge < -0.3 is 5.11 Å². The predicted octanol–water partition coefficient (Wildman–Crippen LogP) is -0.552. The standard InChI is InChI=1S/C7H14N2O2/c1-8-4-2-3-7(11)9(8)5-6-10/h10H,2-6H2,1H3. The summed E-state index contributed by atoms with van der Waals surface area (Å²) < 4.78 is 0. The highest BCUT2D eigenvalue weighted by Gasteiger charge is 2.21. The van der Waals surface area contributed by atoms with Crippen LogP contribution in [0.3, 0.4) is 0 Å². The summed E-state index contributed by atoms with van der Waals surface area (Å²) in [5, 5.41) is 12.1. The van der Waals surface area contributed by atoms with E-state index in [1.807, 2.05) is 12.1 Å². The number of aliphatic hydroxyl groups is 1. The van der Waals surface area contributed by atoms with E-state index in [1.165, 1.54) is 0 Å². The van der Waals surface area contributed by atoms with E-state index in [-0.39, 0.29) is 12.5 Å². The number of β-amino-alcohol motifs (C(OH)–C–C–N with tert-alkyl or cyclic N) is 1. The Labute approximate surface area is 66.4 Å². The van der Waals surface area contributed by atoms with Gasteiger partial charge in [0.25, 0.3) is 0 Å². The lowest BCUT2D eigenvalue weighted by Gasteiger charge is -2.35. The van der Waals surface area contributed by atoms with Crippen LogP contribution in [0.2, 0.25) is 0 Å². The fourth-order valence-electron chi connectivity index (χ4n) is 1.29. The van der Waals surface area contributed by atoms with Crippen molar-refractivity contribution in [2.24, 2.45) is 0 Å². The lowest BCUT2D eigenvalue weighted by atomic mass is 10.2. The predicted molar refractivity (Wildman–Crippen MR) is 40.7 cm³/mol. The third-order valence-electron chi connectivity index (χ3n) is 1.88. The molecule has 1 fully saturated rings. The molecule has 1 rings (SSSR count). The molecule has 64 valence electrons. The second-order valence-electron chi connectivity index (χ2n) is 2.73. The molecular weight excluding hydrogens is 144 g/mol. The molecule has 0 unspecified atom stereocenters. The van der Waals surface area contributed by atoms with Crippen LogP contribution in [0.4, 0.5) is 0 Å². The Bertz CT molecular complexity index is 149. The van der Waals surface area contributed by atoms with Gasteiger partial charge in [-0.1, -0.05) is 0 Å². The van der Waals surface area contributed by atoms with Crippen LogP contribution in [0.15, 0.2) is 0 Å². The molecular formula is C7H14N2O2. The molecule has 4 heteroatoms. The second-order valence-corrected chi connectivity index (χ2v) is 2.73. The fourth-order valence-corrected chi connectivity index (χ4v) is 1.29. The molecule has 4 nitrogen and oxygen atoms in total. The largest absolute Gasteiger partial charge is 0.394 e. The van der Waals surface area contributed by atoms with E-state index in [0.717, 1.165) is 13.0 Å². The minimum Gasteiger partial charge on any atom is -0.394 e. The summed E-state index contributed by atoms with van der Waals surface area (Å²) in [6.07, 6.45) is 1.54. The Morgan fingerprint density at radius 2 is 2.36 bits per heavy atom. The molecule has 1 aliphatic heterocycles. The van der Waals surface area contributed by atoms with Crippen molar-refractivity contribution in [1.29, 1.82) is 0 Å². The summed E-state index contributed by atoms with van der Waals surface area (Å²) in [4.78, 5) is 11.2. The molecule has 0 radical (unpaired) electrons. The molecule has 1 N–H and O–H groups in total. The van der Waals surface area contributed by atoms with E-state index in [9.17, 15) is 4.79 Å². The van der Waals surface area contributed by atoms with E-state index >= 15 is 0 Å². The molecule has 0 saturated carbocycles. The first-order valence-corrected chi connectivity index (χ1v) is 3.88. The maximum Gasteiger partial charge on any atom is 0.236 e. The number of carbonyl (C=O) groups is 1. The van der Waals surface area contributed by atoms with Gasteiger partial charge in [0.15, 0.2) is 0 Å². The Kier molecular flexibility index (Phi) is 2.84. The lowest BCUT2D eigenvalue weighted by Crippen LogP contribution is -2.49. The molecule has 1 aliphatic rings. The maximum absolute atomic E-state index is 11.2. The highest BCUT2D eigenvalue weighted by atomic mass is 16.3. The van der Waals surface area contributed by atoms with Crippen molar-refractivity contribution in [3.63, 3.8) is 0 Å². The van der Waals surface area contributed by atoms with Gasteiger partial charge >= 0.3 is 0 Å². The van der Waals surface area contributed by atoms with Crippen molar-refractivity contribution in [3.05, 3.63) is 0 Å². The number of carbonyl (C=O) groups excluding carboxylic acids is 1. The number of rotatable bonds is 2. The molecule has 0 aromatic heterocycles. The van der Waals surface area contributed by atoms with Crippen LogP contribution >= 0.6 is 0 Å². The van der Waals surface area contributed by atoms with Gasteiger partial charge in [0.05, 0.1) is 13.2 Å². The van der Waals surface area contributed by atoms with Crippen LogP contribution in [-0.4, -0.2) is 47.8 Å². The van der Waals surface area contributed by atoms with Crippen molar-refractivity contribution in [3.8, 4) is 0 Å². The highest BCUT2D eigenvalue weighted by molar-refractivity contribution is 5.76. The van der Waals surface area contributed by atoms with Crippen LogP contribution < -0.4 is 0 Å². The molecule has 1 amide bonds. The summed E-state index contributed by atoms with van der Waals surface area (Å²) in [5.41, 5.74) is 0. The topological polar surface area (TPSA) is 43.8 Å². The summed E-state index contributed by atoms with van der Waals surface area (Å²) in [6.45, 7) is 1.37. The smallest absolute Gasteiger partial charge is 0.236 e. The third-order valence-corrected chi connectivity index (χ3v) is 1.88. The lowest BCUT2D eigenvalue weighted by molar-refractivity contribution is -0.153. The molecule has 1 saturated heterocycles.